The number of benzene rings is 2. The molecule has 2 aliphatic heterocycles. The monoisotopic (exact) mass is 450 g/mol. The maximum atomic E-state index is 12.7. The number of aryl methyl sites for hydroxylation is 1. The van der Waals surface area contributed by atoms with Crippen molar-refractivity contribution in [2.24, 2.45) is 0 Å². The van der Waals surface area contributed by atoms with Crippen LogP contribution < -0.4 is 4.90 Å². The summed E-state index contributed by atoms with van der Waals surface area (Å²) in [6, 6.07) is 14.0. The molecule has 142 valence electrons. The van der Waals surface area contributed by atoms with E-state index >= 15 is 0 Å². The van der Waals surface area contributed by atoms with E-state index in [0.29, 0.717) is 13.0 Å². The molecule has 2 aromatic rings. The van der Waals surface area contributed by atoms with Crippen molar-refractivity contribution >= 4 is 37.8 Å². The Labute approximate surface area is 167 Å². The van der Waals surface area contributed by atoms with Gasteiger partial charge in [-0.05, 0) is 49.7 Å². The molecule has 2 fully saturated rings. The van der Waals surface area contributed by atoms with Gasteiger partial charge in [-0.3, -0.25) is 9.08 Å². The first-order valence-electron chi connectivity index (χ1n) is 8.67. The Morgan fingerprint density at radius 2 is 1.70 bits per heavy atom. The number of rotatable bonds is 4. The highest BCUT2D eigenvalue weighted by atomic mass is 79.9. The summed E-state index contributed by atoms with van der Waals surface area (Å²) in [5.74, 6) is 0. The van der Waals surface area contributed by atoms with Crippen LogP contribution in [0, 0.1) is 6.92 Å². The van der Waals surface area contributed by atoms with Crippen LogP contribution in [0.1, 0.15) is 12.0 Å². The predicted octanol–water partition coefficient (Wildman–Crippen LogP) is 3.55. The highest BCUT2D eigenvalue weighted by molar-refractivity contribution is 9.10. The molecule has 2 aromatic carbocycles. The molecule has 4 rings (SSSR count). The van der Waals surface area contributed by atoms with E-state index in [1.54, 1.807) is 34.1 Å². The zero-order valence-corrected chi connectivity index (χ0v) is 17.1. The Bertz CT molecular complexity index is 960. The maximum absolute atomic E-state index is 12.7. The zero-order chi connectivity index (χ0) is 19.2. The number of carbonyl (C=O) groups is 1. The molecule has 27 heavy (non-hydrogen) atoms. The van der Waals surface area contributed by atoms with Crippen LogP contribution in [0.5, 0.6) is 0 Å². The smallest absolute Gasteiger partial charge is 0.317 e. The van der Waals surface area contributed by atoms with Crippen molar-refractivity contribution in [1.29, 1.82) is 0 Å². The average molecular weight is 451 g/mol. The molecule has 0 radical (unpaired) electrons. The molecule has 0 unspecified atom stereocenters. The lowest BCUT2D eigenvalue weighted by atomic mass is 10.2. The van der Waals surface area contributed by atoms with Crippen LogP contribution in [-0.4, -0.2) is 44.6 Å². The lowest BCUT2D eigenvalue weighted by Gasteiger charge is -2.19. The van der Waals surface area contributed by atoms with Crippen molar-refractivity contribution in [3.8, 4) is 0 Å². The van der Waals surface area contributed by atoms with Gasteiger partial charge in [0.05, 0.1) is 23.6 Å². The fourth-order valence-electron chi connectivity index (χ4n) is 3.57. The number of hydrogen-bond donors (Lipinski definition) is 0. The van der Waals surface area contributed by atoms with Crippen LogP contribution in [0.25, 0.3) is 0 Å². The van der Waals surface area contributed by atoms with Crippen LogP contribution in [0.3, 0.4) is 0 Å². The minimum Gasteiger partial charge on any atom is -0.317 e. The SMILES string of the molecule is Cc1ccc(S(=O)(=O)O[C@H]2C[C@@H]3CN(c4ccc(Br)cc4)C(=O)N3C2)cc1. The maximum Gasteiger partial charge on any atom is 0.324 e. The van der Waals surface area contributed by atoms with Crippen molar-refractivity contribution in [3.63, 3.8) is 0 Å². The van der Waals surface area contributed by atoms with Crippen molar-refractivity contribution < 1.29 is 17.4 Å². The molecule has 2 aliphatic rings. The van der Waals surface area contributed by atoms with Crippen LogP contribution in [0.15, 0.2) is 57.9 Å². The first kappa shape index (κ1) is 18.5. The third-order valence-corrected chi connectivity index (χ3v) is 6.86. The van der Waals surface area contributed by atoms with Crippen LogP contribution in [0.2, 0.25) is 0 Å². The second-order valence-corrected chi connectivity index (χ2v) is 9.38. The second-order valence-electron chi connectivity index (χ2n) is 6.90. The number of fused-ring (bicyclic) bond motifs is 1. The molecule has 0 spiro atoms. The van der Waals surface area contributed by atoms with Crippen molar-refractivity contribution in [2.75, 3.05) is 18.0 Å². The van der Waals surface area contributed by atoms with Gasteiger partial charge in [0, 0.05) is 16.7 Å². The molecule has 0 saturated carbocycles. The summed E-state index contributed by atoms with van der Waals surface area (Å²) < 4.78 is 31.3. The van der Waals surface area contributed by atoms with Gasteiger partial charge in [-0.1, -0.05) is 33.6 Å². The van der Waals surface area contributed by atoms with Crippen LogP contribution >= 0.6 is 15.9 Å². The first-order chi connectivity index (χ1) is 12.8. The number of nitrogens with zero attached hydrogens (tertiary/aromatic N) is 2. The molecule has 2 atom stereocenters. The van der Waals surface area contributed by atoms with E-state index < -0.39 is 16.2 Å². The zero-order valence-electron chi connectivity index (χ0n) is 14.7. The molecular formula is C19H19BrN2O4S. The van der Waals surface area contributed by atoms with Gasteiger partial charge in [0.25, 0.3) is 10.1 Å². The summed E-state index contributed by atoms with van der Waals surface area (Å²) >= 11 is 3.39. The lowest BCUT2D eigenvalue weighted by Crippen LogP contribution is -2.34. The number of urea groups is 1. The van der Waals surface area contributed by atoms with Crippen LogP contribution in [-0.2, 0) is 14.3 Å². The summed E-state index contributed by atoms with van der Waals surface area (Å²) in [4.78, 5) is 16.3. The van der Waals surface area contributed by atoms with Gasteiger partial charge in [-0.15, -0.1) is 0 Å². The van der Waals surface area contributed by atoms with Gasteiger partial charge < -0.3 is 4.90 Å². The van der Waals surface area contributed by atoms with E-state index in [1.165, 1.54) is 0 Å². The summed E-state index contributed by atoms with van der Waals surface area (Å²) in [6.45, 7) is 2.71. The summed E-state index contributed by atoms with van der Waals surface area (Å²) in [6.07, 6.45) is -0.0125. The third-order valence-electron chi connectivity index (χ3n) is 4.96. The van der Waals surface area contributed by atoms with E-state index in [1.807, 2.05) is 31.2 Å². The normalized spacial score (nSPS) is 22.4. The fraction of sp³-hybridized carbons (Fsp3) is 0.316. The average Bonchev–Trinajstić information content (AvgIpc) is 3.14. The van der Waals surface area contributed by atoms with Gasteiger partial charge in [0.1, 0.15) is 0 Å². The summed E-state index contributed by atoms with van der Waals surface area (Å²) in [5.41, 5.74) is 1.82. The summed E-state index contributed by atoms with van der Waals surface area (Å²) in [7, 11) is -3.84. The molecular weight excluding hydrogens is 432 g/mol. The fourth-order valence-corrected chi connectivity index (χ4v) is 4.91. The molecule has 0 aliphatic carbocycles. The Morgan fingerprint density at radius 1 is 1.04 bits per heavy atom. The molecule has 8 heteroatoms. The minimum absolute atomic E-state index is 0.0423. The van der Waals surface area contributed by atoms with E-state index in [0.717, 1.165) is 15.7 Å². The van der Waals surface area contributed by atoms with Crippen molar-refractivity contribution in [1.82, 2.24) is 4.90 Å². The topological polar surface area (TPSA) is 66.9 Å². The number of anilines is 1. The van der Waals surface area contributed by atoms with Gasteiger partial charge in [0.15, 0.2) is 0 Å². The minimum atomic E-state index is -3.84. The molecule has 6 nitrogen and oxygen atoms in total. The number of halogens is 1. The third kappa shape index (κ3) is 3.61. The number of carbonyl (C=O) groups excluding carboxylic acids is 1. The molecule has 2 saturated heterocycles. The number of amides is 2. The standard InChI is InChI=1S/C19H19BrN2O4S/c1-13-2-8-18(9-3-13)27(24,25)26-17-10-16-11-21(19(23)22(16)12-17)15-6-4-14(20)5-7-15/h2-9,16-17H,10-12H2,1H3/t16-,17+/m1/s1. The van der Waals surface area contributed by atoms with E-state index in [9.17, 15) is 13.2 Å². The predicted molar refractivity (Wildman–Crippen MR) is 105 cm³/mol. The van der Waals surface area contributed by atoms with Gasteiger partial charge in [-0.25, -0.2) is 4.79 Å². The largest absolute Gasteiger partial charge is 0.324 e. The highest BCUT2D eigenvalue weighted by Crippen LogP contribution is 2.33. The first-order valence-corrected chi connectivity index (χ1v) is 10.9. The van der Waals surface area contributed by atoms with Gasteiger partial charge >= 0.3 is 6.03 Å². The van der Waals surface area contributed by atoms with Gasteiger partial charge in [0.2, 0.25) is 0 Å². The quantitative estimate of drug-likeness (QED) is 0.667. The Kier molecular flexibility index (Phi) is 4.73. The Hall–Kier alpha value is -1.90. The Balaban J connectivity index is 1.44. The van der Waals surface area contributed by atoms with E-state index in [2.05, 4.69) is 15.9 Å². The molecule has 0 aromatic heterocycles. The molecule has 2 heterocycles. The number of hydrogen-bond acceptors (Lipinski definition) is 4. The molecule has 0 bridgehead atoms. The Morgan fingerprint density at radius 3 is 2.33 bits per heavy atom. The lowest BCUT2D eigenvalue weighted by molar-refractivity contribution is 0.197. The molecule has 0 N–H and O–H groups in total. The summed E-state index contributed by atoms with van der Waals surface area (Å²) in [5, 5.41) is 0. The second kappa shape index (κ2) is 6.92. The molecule has 2 amide bonds. The van der Waals surface area contributed by atoms with Crippen LogP contribution in [0.4, 0.5) is 10.5 Å². The van der Waals surface area contributed by atoms with E-state index in [-0.39, 0.29) is 23.5 Å². The van der Waals surface area contributed by atoms with Crippen molar-refractivity contribution in [3.05, 3.63) is 58.6 Å². The van der Waals surface area contributed by atoms with Gasteiger partial charge in [-0.2, -0.15) is 8.42 Å². The van der Waals surface area contributed by atoms with Crippen molar-refractivity contribution in [2.45, 2.75) is 30.4 Å². The highest BCUT2D eigenvalue weighted by Gasteiger charge is 2.46. The van der Waals surface area contributed by atoms with E-state index in [4.69, 9.17) is 4.18 Å².